The van der Waals surface area contributed by atoms with Crippen LogP contribution in [0, 0.1) is 6.92 Å². The third kappa shape index (κ3) is 4.57. The molecule has 140 valence electrons. The number of hydrogen-bond donors (Lipinski definition) is 1. The van der Waals surface area contributed by atoms with Gasteiger partial charge in [-0.25, -0.2) is 14.6 Å². The second kappa shape index (κ2) is 8.27. The molecule has 2 aromatic rings. The van der Waals surface area contributed by atoms with Crippen LogP contribution in [0.2, 0.25) is 0 Å². The minimum absolute atomic E-state index is 0.0990. The molecule has 3 heterocycles. The lowest BCUT2D eigenvalue weighted by Gasteiger charge is -2.34. The Kier molecular flexibility index (Phi) is 5.82. The van der Waals surface area contributed by atoms with Crippen LogP contribution in [0.5, 0.6) is 0 Å². The molecule has 1 saturated heterocycles. The van der Waals surface area contributed by atoms with Gasteiger partial charge in [0.2, 0.25) is 0 Å². The van der Waals surface area contributed by atoms with Gasteiger partial charge in [0.15, 0.2) is 0 Å². The molecule has 0 aliphatic carbocycles. The summed E-state index contributed by atoms with van der Waals surface area (Å²) in [6, 6.07) is 3.62. The summed E-state index contributed by atoms with van der Waals surface area (Å²) < 4.78 is 7.21. The van der Waals surface area contributed by atoms with E-state index in [1.807, 2.05) is 13.0 Å². The van der Waals surface area contributed by atoms with Crippen molar-refractivity contribution >= 4 is 11.5 Å². The Morgan fingerprint density at radius 1 is 1.35 bits per heavy atom. The third-order valence-corrected chi connectivity index (χ3v) is 4.48. The van der Waals surface area contributed by atoms with Gasteiger partial charge in [0.05, 0.1) is 24.6 Å². The van der Waals surface area contributed by atoms with Crippen molar-refractivity contribution in [1.29, 1.82) is 0 Å². The highest BCUT2D eigenvalue weighted by molar-refractivity contribution is 5.43. The van der Waals surface area contributed by atoms with E-state index in [1.165, 1.54) is 4.68 Å². The van der Waals surface area contributed by atoms with Crippen LogP contribution in [0.25, 0.3) is 0 Å². The summed E-state index contributed by atoms with van der Waals surface area (Å²) >= 11 is 0. The van der Waals surface area contributed by atoms with Crippen LogP contribution in [0.4, 0.5) is 11.5 Å². The molecule has 26 heavy (non-hydrogen) atoms. The van der Waals surface area contributed by atoms with E-state index in [9.17, 15) is 4.79 Å². The topological polar surface area (TPSA) is 85.2 Å². The standard InChI is InChI=1S/C18H26N6O2/c1-4-14-9-17(22-13(2)21-14)19-6-5-16-12-24(7-8-26-16)15-10-18(25)23(3)20-11-15/h9-11,16H,4-8,12H2,1-3H3,(H,19,21,22)/t16-/m0/s1. The van der Waals surface area contributed by atoms with E-state index in [2.05, 4.69) is 32.2 Å². The zero-order valence-corrected chi connectivity index (χ0v) is 15.6. The van der Waals surface area contributed by atoms with Gasteiger partial charge in [-0.05, 0) is 19.8 Å². The average Bonchev–Trinajstić information content (AvgIpc) is 2.64. The fraction of sp³-hybridized carbons (Fsp3) is 0.556. The van der Waals surface area contributed by atoms with Gasteiger partial charge in [0.1, 0.15) is 11.6 Å². The van der Waals surface area contributed by atoms with E-state index in [1.54, 1.807) is 19.3 Å². The number of anilines is 2. The third-order valence-electron chi connectivity index (χ3n) is 4.48. The van der Waals surface area contributed by atoms with Crippen LogP contribution >= 0.6 is 0 Å². The van der Waals surface area contributed by atoms with Gasteiger partial charge in [-0.1, -0.05) is 6.92 Å². The molecule has 0 spiro atoms. The number of nitrogens with one attached hydrogen (secondary N) is 1. The quantitative estimate of drug-likeness (QED) is 0.829. The first-order chi connectivity index (χ1) is 12.5. The SMILES string of the molecule is CCc1cc(NCC[C@H]2CN(c3cnn(C)c(=O)c3)CCO2)nc(C)n1. The van der Waals surface area contributed by atoms with E-state index < -0.39 is 0 Å². The van der Waals surface area contributed by atoms with E-state index in [0.29, 0.717) is 6.61 Å². The Morgan fingerprint density at radius 2 is 2.19 bits per heavy atom. The Morgan fingerprint density at radius 3 is 2.96 bits per heavy atom. The van der Waals surface area contributed by atoms with Crippen molar-refractivity contribution < 1.29 is 4.74 Å². The zero-order chi connectivity index (χ0) is 18.5. The van der Waals surface area contributed by atoms with Crippen LogP contribution in [-0.2, 0) is 18.2 Å². The summed E-state index contributed by atoms with van der Waals surface area (Å²) in [5, 5.41) is 7.46. The Bertz CT molecular complexity index is 807. The van der Waals surface area contributed by atoms with Crippen molar-refractivity contribution in [3.63, 3.8) is 0 Å². The molecule has 0 amide bonds. The first-order valence-corrected chi connectivity index (χ1v) is 9.03. The molecule has 0 bridgehead atoms. The second-order valence-corrected chi connectivity index (χ2v) is 6.48. The van der Waals surface area contributed by atoms with E-state index >= 15 is 0 Å². The second-order valence-electron chi connectivity index (χ2n) is 6.48. The highest BCUT2D eigenvalue weighted by atomic mass is 16.5. The molecule has 1 atom stereocenters. The zero-order valence-electron chi connectivity index (χ0n) is 15.6. The average molecular weight is 358 g/mol. The number of aryl methyl sites for hydroxylation is 3. The summed E-state index contributed by atoms with van der Waals surface area (Å²) in [7, 11) is 1.65. The summed E-state index contributed by atoms with van der Waals surface area (Å²) in [4.78, 5) is 22.8. The van der Waals surface area contributed by atoms with Gasteiger partial charge in [-0.15, -0.1) is 0 Å². The lowest BCUT2D eigenvalue weighted by molar-refractivity contribution is 0.0374. The van der Waals surface area contributed by atoms with Crippen molar-refractivity contribution in [2.45, 2.75) is 32.8 Å². The van der Waals surface area contributed by atoms with Gasteiger partial charge in [0, 0.05) is 44.5 Å². The van der Waals surface area contributed by atoms with Crippen molar-refractivity contribution in [2.75, 3.05) is 36.5 Å². The summed E-state index contributed by atoms with van der Waals surface area (Å²) in [6.07, 6.45) is 3.59. The number of ether oxygens (including phenoxy) is 1. The van der Waals surface area contributed by atoms with Gasteiger partial charge in [-0.2, -0.15) is 5.10 Å². The van der Waals surface area contributed by atoms with Crippen LogP contribution in [0.1, 0.15) is 24.9 Å². The van der Waals surface area contributed by atoms with Crippen LogP contribution < -0.4 is 15.8 Å². The van der Waals surface area contributed by atoms with Crippen molar-refractivity contribution in [3.8, 4) is 0 Å². The predicted octanol–water partition coefficient (Wildman–Crippen LogP) is 1.15. The molecule has 0 saturated carbocycles. The molecule has 1 aliphatic heterocycles. The van der Waals surface area contributed by atoms with Crippen molar-refractivity contribution in [2.24, 2.45) is 7.05 Å². The highest BCUT2D eigenvalue weighted by Gasteiger charge is 2.21. The number of nitrogens with zero attached hydrogens (tertiary/aromatic N) is 5. The Hall–Kier alpha value is -2.48. The molecule has 0 unspecified atom stereocenters. The van der Waals surface area contributed by atoms with Crippen molar-refractivity contribution in [3.05, 3.63) is 40.2 Å². The van der Waals surface area contributed by atoms with E-state index in [4.69, 9.17) is 4.74 Å². The smallest absolute Gasteiger partial charge is 0.268 e. The maximum absolute atomic E-state index is 11.8. The number of rotatable bonds is 6. The van der Waals surface area contributed by atoms with Gasteiger partial charge < -0.3 is 15.0 Å². The molecule has 0 aromatic carbocycles. The molecule has 1 N–H and O–H groups in total. The Balaban J connectivity index is 1.54. The van der Waals surface area contributed by atoms with Crippen LogP contribution in [0.3, 0.4) is 0 Å². The molecule has 2 aromatic heterocycles. The van der Waals surface area contributed by atoms with E-state index in [-0.39, 0.29) is 11.7 Å². The molecule has 1 aliphatic rings. The minimum Gasteiger partial charge on any atom is -0.374 e. The fourth-order valence-electron chi connectivity index (χ4n) is 3.02. The minimum atomic E-state index is -0.0990. The summed E-state index contributed by atoms with van der Waals surface area (Å²) in [5.74, 6) is 1.64. The summed E-state index contributed by atoms with van der Waals surface area (Å²) in [5.41, 5.74) is 1.80. The van der Waals surface area contributed by atoms with E-state index in [0.717, 1.165) is 55.5 Å². The first kappa shape index (κ1) is 18.3. The lowest BCUT2D eigenvalue weighted by atomic mass is 10.2. The largest absolute Gasteiger partial charge is 0.374 e. The van der Waals surface area contributed by atoms with Gasteiger partial charge in [-0.3, -0.25) is 4.79 Å². The maximum atomic E-state index is 11.8. The fourth-order valence-corrected chi connectivity index (χ4v) is 3.02. The number of morpholine rings is 1. The number of hydrogen-bond acceptors (Lipinski definition) is 7. The Labute approximate surface area is 153 Å². The highest BCUT2D eigenvalue weighted by Crippen LogP contribution is 2.16. The molecule has 0 radical (unpaired) electrons. The van der Waals surface area contributed by atoms with Crippen LogP contribution in [-0.4, -0.2) is 52.1 Å². The molecule has 3 rings (SSSR count). The van der Waals surface area contributed by atoms with Crippen LogP contribution in [0.15, 0.2) is 23.1 Å². The summed E-state index contributed by atoms with van der Waals surface area (Å²) in [6.45, 7) is 6.93. The van der Waals surface area contributed by atoms with Crippen molar-refractivity contribution in [1.82, 2.24) is 19.7 Å². The molecular formula is C18H26N6O2. The predicted molar refractivity (Wildman–Crippen MR) is 101 cm³/mol. The normalized spacial score (nSPS) is 17.3. The van der Waals surface area contributed by atoms with Gasteiger partial charge in [0.25, 0.3) is 5.56 Å². The molecular weight excluding hydrogens is 332 g/mol. The maximum Gasteiger partial charge on any atom is 0.268 e. The monoisotopic (exact) mass is 358 g/mol. The molecule has 8 heteroatoms. The first-order valence-electron chi connectivity index (χ1n) is 9.03. The molecule has 8 nitrogen and oxygen atoms in total. The lowest BCUT2D eigenvalue weighted by Crippen LogP contribution is -2.43. The number of aromatic nitrogens is 4. The molecule has 1 fully saturated rings. The van der Waals surface area contributed by atoms with Gasteiger partial charge >= 0.3 is 0 Å².